The van der Waals surface area contributed by atoms with E-state index in [0.29, 0.717) is 30.2 Å². The van der Waals surface area contributed by atoms with Crippen molar-refractivity contribution in [3.63, 3.8) is 0 Å². The van der Waals surface area contributed by atoms with Gasteiger partial charge >= 0.3 is 0 Å². The second-order valence-electron chi connectivity index (χ2n) is 6.04. The fourth-order valence-corrected chi connectivity index (χ4v) is 2.63. The van der Waals surface area contributed by atoms with Gasteiger partial charge in [-0.3, -0.25) is 4.79 Å². The van der Waals surface area contributed by atoms with Crippen molar-refractivity contribution < 1.29 is 9.18 Å². The van der Waals surface area contributed by atoms with Crippen molar-refractivity contribution >= 4 is 23.2 Å². The van der Waals surface area contributed by atoms with E-state index in [-0.39, 0.29) is 11.7 Å². The van der Waals surface area contributed by atoms with Crippen LogP contribution in [0.2, 0.25) is 5.02 Å². The maximum atomic E-state index is 12.9. The molecule has 0 aliphatic heterocycles. The number of carbonyl (C=O) groups excluding carboxylic acids is 1. The minimum atomic E-state index is -0.267. The van der Waals surface area contributed by atoms with Crippen LogP contribution in [0.5, 0.6) is 0 Å². The molecule has 3 rings (SSSR count). The van der Waals surface area contributed by atoms with Gasteiger partial charge in [0.1, 0.15) is 11.5 Å². The Labute approximate surface area is 162 Å². The Morgan fingerprint density at radius 1 is 0.963 bits per heavy atom. The number of rotatable bonds is 7. The summed E-state index contributed by atoms with van der Waals surface area (Å²) in [6.45, 7) is 1.10. The number of halogens is 2. The van der Waals surface area contributed by atoms with Gasteiger partial charge in [-0.1, -0.05) is 35.9 Å². The molecule has 0 aliphatic carbocycles. The lowest BCUT2D eigenvalue weighted by molar-refractivity contribution is 0.0949. The van der Waals surface area contributed by atoms with Crippen molar-refractivity contribution in [3.8, 4) is 0 Å². The molecule has 0 saturated heterocycles. The quantitative estimate of drug-likeness (QED) is 0.633. The monoisotopic (exact) mass is 383 g/mol. The molecule has 27 heavy (non-hydrogen) atoms. The highest BCUT2D eigenvalue weighted by Crippen LogP contribution is 2.12. The van der Waals surface area contributed by atoms with Crippen LogP contribution in [0.4, 0.5) is 10.1 Å². The molecule has 3 aromatic rings. The van der Waals surface area contributed by atoms with E-state index in [2.05, 4.69) is 15.6 Å². The topological polar surface area (TPSA) is 54.0 Å². The second kappa shape index (κ2) is 9.14. The number of nitrogens with one attached hydrogen (secondary N) is 2. The molecule has 0 atom stereocenters. The molecule has 138 valence electrons. The minimum absolute atomic E-state index is 0.235. The molecule has 1 heterocycles. The lowest BCUT2D eigenvalue weighted by Gasteiger charge is -2.08. The number of hydrogen-bond acceptors (Lipinski definition) is 3. The molecule has 1 amide bonds. The van der Waals surface area contributed by atoms with E-state index in [4.69, 9.17) is 11.6 Å². The minimum Gasteiger partial charge on any atom is -0.380 e. The van der Waals surface area contributed by atoms with Gasteiger partial charge in [0.2, 0.25) is 0 Å². The summed E-state index contributed by atoms with van der Waals surface area (Å²) in [6.07, 6.45) is 2.26. The average molecular weight is 384 g/mol. The van der Waals surface area contributed by atoms with Crippen molar-refractivity contribution in [1.82, 2.24) is 10.3 Å². The molecule has 6 heteroatoms. The number of aromatic nitrogens is 1. The lowest BCUT2D eigenvalue weighted by atomic mass is 10.1. The fourth-order valence-electron chi connectivity index (χ4n) is 2.50. The number of anilines is 1. The van der Waals surface area contributed by atoms with Crippen LogP contribution in [0.25, 0.3) is 0 Å². The second-order valence-corrected chi connectivity index (χ2v) is 6.48. The summed E-state index contributed by atoms with van der Waals surface area (Å²) in [5, 5.41) is 6.77. The van der Waals surface area contributed by atoms with E-state index in [1.807, 2.05) is 30.3 Å². The standard InChI is InChI=1S/C21H19ClFN3O/c22-17-5-1-16(2-6-17)13-25-19-9-10-20(26-14-19)21(27)24-12-11-15-3-7-18(23)8-4-15/h1-10,14,25H,11-13H2,(H,24,27). The molecular weight excluding hydrogens is 365 g/mol. The molecule has 0 bridgehead atoms. The summed E-state index contributed by atoms with van der Waals surface area (Å²) in [5.74, 6) is -0.502. The largest absolute Gasteiger partial charge is 0.380 e. The van der Waals surface area contributed by atoms with Crippen LogP contribution in [0.15, 0.2) is 66.9 Å². The number of pyridine rings is 1. The van der Waals surface area contributed by atoms with Crippen LogP contribution in [-0.4, -0.2) is 17.4 Å². The molecule has 1 aromatic heterocycles. The number of amides is 1. The third kappa shape index (κ3) is 5.79. The molecule has 4 nitrogen and oxygen atoms in total. The average Bonchev–Trinajstić information content (AvgIpc) is 2.69. The summed E-state index contributed by atoms with van der Waals surface area (Å²) in [7, 11) is 0. The van der Waals surface area contributed by atoms with Crippen LogP contribution in [0.1, 0.15) is 21.6 Å². The first-order valence-electron chi connectivity index (χ1n) is 8.57. The van der Waals surface area contributed by atoms with Gasteiger partial charge in [-0.2, -0.15) is 0 Å². The number of benzene rings is 2. The van der Waals surface area contributed by atoms with Crippen LogP contribution >= 0.6 is 11.6 Å². The maximum absolute atomic E-state index is 12.9. The fraction of sp³-hybridized carbons (Fsp3) is 0.143. The van der Waals surface area contributed by atoms with Crippen LogP contribution in [0, 0.1) is 5.82 Å². The van der Waals surface area contributed by atoms with Crippen molar-refractivity contribution in [2.45, 2.75) is 13.0 Å². The van der Waals surface area contributed by atoms with Gasteiger partial charge in [0.15, 0.2) is 0 Å². The number of hydrogen-bond donors (Lipinski definition) is 2. The normalized spacial score (nSPS) is 10.4. The molecule has 0 saturated carbocycles. The van der Waals surface area contributed by atoms with Crippen molar-refractivity contribution in [2.75, 3.05) is 11.9 Å². The Morgan fingerprint density at radius 3 is 2.33 bits per heavy atom. The van der Waals surface area contributed by atoms with Gasteiger partial charge in [0, 0.05) is 18.1 Å². The van der Waals surface area contributed by atoms with Gasteiger partial charge in [0.25, 0.3) is 5.91 Å². The zero-order valence-corrected chi connectivity index (χ0v) is 15.3. The third-order valence-electron chi connectivity index (χ3n) is 4.02. The van der Waals surface area contributed by atoms with Crippen molar-refractivity contribution in [3.05, 3.63) is 94.5 Å². The van der Waals surface area contributed by atoms with E-state index in [1.165, 1.54) is 12.1 Å². The Morgan fingerprint density at radius 2 is 1.67 bits per heavy atom. The summed E-state index contributed by atoms with van der Waals surface area (Å²) < 4.78 is 12.9. The van der Waals surface area contributed by atoms with Crippen molar-refractivity contribution in [2.24, 2.45) is 0 Å². The molecule has 2 N–H and O–H groups in total. The van der Waals surface area contributed by atoms with Crippen molar-refractivity contribution in [1.29, 1.82) is 0 Å². The summed E-state index contributed by atoms with van der Waals surface area (Å²) in [4.78, 5) is 16.3. The van der Waals surface area contributed by atoms with E-state index in [9.17, 15) is 9.18 Å². The Kier molecular flexibility index (Phi) is 6.39. The highest BCUT2D eigenvalue weighted by Gasteiger charge is 2.06. The molecule has 0 fully saturated rings. The smallest absolute Gasteiger partial charge is 0.269 e. The predicted octanol–water partition coefficient (Wildman–Crippen LogP) is 4.46. The Balaban J connectivity index is 1.46. The van der Waals surface area contributed by atoms with E-state index in [0.717, 1.165) is 16.8 Å². The first-order valence-corrected chi connectivity index (χ1v) is 8.95. The Bertz CT molecular complexity index is 881. The molecular formula is C21H19ClFN3O. The SMILES string of the molecule is O=C(NCCc1ccc(F)cc1)c1ccc(NCc2ccc(Cl)cc2)cn1. The Hall–Kier alpha value is -2.92. The summed E-state index contributed by atoms with van der Waals surface area (Å²) in [6, 6.07) is 17.3. The van der Waals surface area contributed by atoms with E-state index in [1.54, 1.807) is 24.4 Å². The van der Waals surface area contributed by atoms with Gasteiger partial charge in [-0.25, -0.2) is 9.37 Å². The highest BCUT2D eigenvalue weighted by molar-refractivity contribution is 6.30. The van der Waals surface area contributed by atoms with Gasteiger partial charge in [0.05, 0.1) is 11.9 Å². The first-order chi connectivity index (χ1) is 13.1. The zero-order chi connectivity index (χ0) is 19.1. The number of carbonyl (C=O) groups is 1. The van der Waals surface area contributed by atoms with Gasteiger partial charge in [-0.05, 0) is 53.9 Å². The summed E-state index contributed by atoms with van der Waals surface area (Å²) in [5.41, 5.74) is 3.24. The molecule has 0 radical (unpaired) electrons. The van der Waals surface area contributed by atoms with E-state index >= 15 is 0 Å². The summed E-state index contributed by atoms with van der Waals surface area (Å²) >= 11 is 5.87. The van der Waals surface area contributed by atoms with Crippen LogP contribution < -0.4 is 10.6 Å². The first kappa shape index (κ1) is 18.9. The van der Waals surface area contributed by atoms with Gasteiger partial charge < -0.3 is 10.6 Å². The lowest BCUT2D eigenvalue weighted by Crippen LogP contribution is -2.26. The maximum Gasteiger partial charge on any atom is 0.269 e. The molecule has 2 aromatic carbocycles. The number of nitrogens with zero attached hydrogens (tertiary/aromatic N) is 1. The van der Waals surface area contributed by atoms with Crippen LogP contribution in [0.3, 0.4) is 0 Å². The van der Waals surface area contributed by atoms with Crippen LogP contribution in [-0.2, 0) is 13.0 Å². The van der Waals surface area contributed by atoms with Gasteiger partial charge in [-0.15, -0.1) is 0 Å². The zero-order valence-electron chi connectivity index (χ0n) is 14.6. The highest BCUT2D eigenvalue weighted by atomic mass is 35.5. The molecule has 0 aliphatic rings. The molecule has 0 spiro atoms. The predicted molar refractivity (Wildman–Crippen MR) is 105 cm³/mol. The third-order valence-corrected chi connectivity index (χ3v) is 4.27. The molecule has 0 unspecified atom stereocenters. The van der Waals surface area contributed by atoms with E-state index < -0.39 is 0 Å².